The summed E-state index contributed by atoms with van der Waals surface area (Å²) in [6.45, 7) is 0. The number of amides is 1. The molecule has 3 N–H and O–H groups in total. The Morgan fingerprint density at radius 3 is 2.54 bits per heavy atom. The van der Waals surface area contributed by atoms with Crippen molar-refractivity contribution in [1.82, 2.24) is 5.32 Å². The predicted octanol–water partition coefficient (Wildman–Crippen LogP) is 3.21. The largest absolute Gasteiger partial charge is 0.493 e. The van der Waals surface area contributed by atoms with Crippen LogP contribution in [0.3, 0.4) is 0 Å². The van der Waals surface area contributed by atoms with E-state index in [-0.39, 0.29) is 5.91 Å². The zero-order valence-electron chi connectivity index (χ0n) is 15.7. The number of nitrogens with two attached hydrogens (primary N) is 1. The number of carbonyl (C=O) groups excluding carboxylic acids is 1. The van der Waals surface area contributed by atoms with E-state index in [1.165, 1.54) is 19.3 Å². The van der Waals surface area contributed by atoms with Crippen LogP contribution in [0.15, 0.2) is 23.1 Å². The predicted molar refractivity (Wildman–Crippen MR) is 105 cm³/mol. The molecule has 144 valence electrons. The van der Waals surface area contributed by atoms with Crippen molar-refractivity contribution in [2.45, 2.75) is 55.5 Å². The molecule has 2 aliphatic rings. The molecule has 2 aliphatic carbocycles. The lowest BCUT2D eigenvalue weighted by atomic mass is 9.67. The maximum atomic E-state index is 12.4. The average molecular weight is 379 g/mol. The summed E-state index contributed by atoms with van der Waals surface area (Å²) >= 11 is 1.66. The maximum Gasteiger partial charge on any atom is 0.221 e. The molecule has 0 radical (unpaired) electrons. The van der Waals surface area contributed by atoms with E-state index in [4.69, 9.17) is 15.2 Å². The molecule has 2 unspecified atom stereocenters. The zero-order chi connectivity index (χ0) is 18.5. The zero-order valence-corrected chi connectivity index (χ0v) is 16.5. The number of nitrogens with one attached hydrogen (secondary N) is 1. The molecule has 0 aromatic heterocycles. The minimum atomic E-state index is 0.162. The van der Waals surface area contributed by atoms with E-state index in [1.807, 2.05) is 18.2 Å². The number of hydrogen-bond donors (Lipinski definition) is 2. The summed E-state index contributed by atoms with van der Waals surface area (Å²) in [7, 11) is 3.26. The second kappa shape index (κ2) is 9.00. The van der Waals surface area contributed by atoms with E-state index in [1.54, 1.807) is 26.0 Å². The van der Waals surface area contributed by atoms with Gasteiger partial charge in [0, 0.05) is 29.2 Å². The molecule has 2 atom stereocenters. The standard InChI is InChI=1S/C20H30N2O3S/c1-24-17-7-6-16(12-18(17)25-2)26-9-8-19(23)22-20-13-4-3-5-14(20)11-15(21)10-13/h6-7,12-15,20H,3-5,8-11,21H2,1-2H3,(H,22,23). The van der Waals surface area contributed by atoms with E-state index in [2.05, 4.69) is 5.32 Å². The summed E-state index contributed by atoms with van der Waals surface area (Å²) < 4.78 is 10.6. The number of thioether (sulfide) groups is 1. The van der Waals surface area contributed by atoms with Crippen molar-refractivity contribution in [3.8, 4) is 11.5 Å². The fraction of sp³-hybridized carbons (Fsp3) is 0.650. The molecule has 2 fully saturated rings. The number of fused-ring (bicyclic) bond motifs is 2. The molecule has 0 aliphatic heterocycles. The van der Waals surface area contributed by atoms with Gasteiger partial charge in [-0.2, -0.15) is 0 Å². The molecule has 6 heteroatoms. The van der Waals surface area contributed by atoms with Gasteiger partial charge in [-0.25, -0.2) is 0 Å². The van der Waals surface area contributed by atoms with E-state index >= 15 is 0 Å². The second-order valence-corrected chi connectivity index (χ2v) is 8.56. The molecule has 3 rings (SSSR count). The SMILES string of the molecule is COc1ccc(SCCC(=O)NC2C3CCCC2CC(N)C3)cc1OC. The fourth-order valence-corrected chi connectivity index (χ4v) is 5.33. The number of hydrogen-bond acceptors (Lipinski definition) is 5. The highest BCUT2D eigenvalue weighted by molar-refractivity contribution is 7.99. The lowest BCUT2D eigenvalue weighted by Crippen LogP contribution is -2.53. The third-order valence-electron chi connectivity index (χ3n) is 5.66. The van der Waals surface area contributed by atoms with Gasteiger partial charge in [-0.05, 0) is 55.7 Å². The van der Waals surface area contributed by atoms with Crippen LogP contribution in [0, 0.1) is 11.8 Å². The molecule has 1 aromatic rings. The van der Waals surface area contributed by atoms with Gasteiger partial charge in [0.25, 0.3) is 0 Å². The third-order valence-corrected chi connectivity index (χ3v) is 6.65. The van der Waals surface area contributed by atoms with Gasteiger partial charge in [0.2, 0.25) is 5.91 Å². The van der Waals surface area contributed by atoms with E-state index in [0.717, 1.165) is 29.2 Å². The average Bonchev–Trinajstić information content (AvgIpc) is 2.62. The summed E-state index contributed by atoms with van der Waals surface area (Å²) in [4.78, 5) is 13.5. The number of ether oxygens (including phenoxy) is 2. The van der Waals surface area contributed by atoms with Crippen molar-refractivity contribution in [1.29, 1.82) is 0 Å². The van der Waals surface area contributed by atoms with Crippen LogP contribution in [0.5, 0.6) is 11.5 Å². The molecule has 2 saturated carbocycles. The van der Waals surface area contributed by atoms with Crippen LogP contribution in [0.2, 0.25) is 0 Å². The Morgan fingerprint density at radius 1 is 1.19 bits per heavy atom. The number of carbonyl (C=O) groups is 1. The van der Waals surface area contributed by atoms with Crippen LogP contribution < -0.4 is 20.5 Å². The number of rotatable bonds is 7. The Balaban J connectivity index is 1.47. The van der Waals surface area contributed by atoms with Crippen molar-refractivity contribution in [2.24, 2.45) is 17.6 Å². The molecule has 0 saturated heterocycles. The second-order valence-electron chi connectivity index (χ2n) is 7.39. The van der Waals surface area contributed by atoms with Crippen LogP contribution in [0.25, 0.3) is 0 Å². The summed E-state index contributed by atoms with van der Waals surface area (Å²) in [5.74, 6) is 3.49. The molecule has 1 aromatic carbocycles. The van der Waals surface area contributed by atoms with Crippen molar-refractivity contribution in [2.75, 3.05) is 20.0 Å². The Bertz CT molecular complexity index is 611. The highest BCUT2D eigenvalue weighted by Crippen LogP contribution is 2.39. The van der Waals surface area contributed by atoms with Gasteiger partial charge in [0.1, 0.15) is 0 Å². The highest BCUT2D eigenvalue weighted by atomic mass is 32.2. The third kappa shape index (κ3) is 4.65. The van der Waals surface area contributed by atoms with Crippen molar-refractivity contribution in [3.05, 3.63) is 18.2 Å². The summed E-state index contributed by atoms with van der Waals surface area (Å²) in [5.41, 5.74) is 6.17. The fourth-order valence-electron chi connectivity index (χ4n) is 4.45. The van der Waals surface area contributed by atoms with E-state index in [0.29, 0.717) is 36.1 Å². The number of methoxy groups -OCH3 is 2. The van der Waals surface area contributed by atoms with Gasteiger partial charge >= 0.3 is 0 Å². The molecule has 1 amide bonds. The van der Waals surface area contributed by atoms with Crippen molar-refractivity contribution in [3.63, 3.8) is 0 Å². The van der Waals surface area contributed by atoms with Crippen LogP contribution >= 0.6 is 11.8 Å². The number of benzene rings is 1. The molecule has 2 bridgehead atoms. The van der Waals surface area contributed by atoms with Crippen LogP contribution in [-0.2, 0) is 4.79 Å². The lowest BCUT2D eigenvalue weighted by Gasteiger charge is -2.45. The van der Waals surface area contributed by atoms with Gasteiger partial charge in [-0.15, -0.1) is 11.8 Å². The smallest absolute Gasteiger partial charge is 0.221 e. The molecular weight excluding hydrogens is 348 g/mol. The minimum Gasteiger partial charge on any atom is -0.493 e. The van der Waals surface area contributed by atoms with Crippen LogP contribution in [-0.4, -0.2) is 38.0 Å². The van der Waals surface area contributed by atoms with Gasteiger partial charge in [-0.1, -0.05) is 6.42 Å². The quantitative estimate of drug-likeness (QED) is 0.713. The van der Waals surface area contributed by atoms with E-state index in [9.17, 15) is 4.79 Å². The Labute approximate surface area is 160 Å². The monoisotopic (exact) mass is 378 g/mol. The van der Waals surface area contributed by atoms with Gasteiger partial charge in [-0.3, -0.25) is 4.79 Å². The Kier molecular flexibility index (Phi) is 6.70. The highest BCUT2D eigenvalue weighted by Gasteiger charge is 2.39. The first kappa shape index (κ1) is 19.4. The molecule has 5 nitrogen and oxygen atoms in total. The molecule has 0 spiro atoms. The Morgan fingerprint density at radius 2 is 1.88 bits per heavy atom. The first-order chi connectivity index (χ1) is 12.6. The molecule has 0 heterocycles. The van der Waals surface area contributed by atoms with E-state index < -0.39 is 0 Å². The Hall–Kier alpha value is -1.40. The first-order valence-electron chi connectivity index (χ1n) is 9.50. The van der Waals surface area contributed by atoms with Gasteiger partial charge < -0.3 is 20.5 Å². The van der Waals surface area contributed by atoms with Crippen LogP contribution in [0.4, 0.5) is 0 Å². The summed E-state index contributed by atoms with van der Waals surface area (Å²) in [6, 6.07) is 6.50. The minimum absolute atomic E-state index is 0.162. The summed E-state index contributed by atoms with van der Waals surface area (Å²) in [6.07, 6.45) is 6.33. The topological polar surface area (TPSA) is 73.6 Å². The van der Waals surface area contributed by atoms with Crippen molar-refractivity contribution >= 4 is 17.7 Å². The van der Waals surface area contributed by atoms with Crippen LogP contribution in [0.1, 0.15) is 38.5 Å². The van der Waals surface area contributed by atoms with Gasteiger partial charge in [0.05, 0.1) is 14.2 Å². The summed E-state index contributed by atoms with van der Waals surface area (Å²) in [5, 5.41) is 3.32. The van der Waals surface area contributed by atoms with Gasteiger partial charge in [0.15, 0.2) is 11.5 Å². The molecular formula is C20H30N2O3S. The molecule has 26 heavy (non-hydrogen) atoms. The lowest BCUT2D eigenvalue weighted by molar-refractivity contribution is -0.123. The maximum absolute atomic E-state index is 12.4. The van der Waals surface area contributed by atoms with Crippen molar-refractivity contribution < 1.29 is 14.3 Å². The first-order valence-corrected chi connectivity index (χ1v) is 10.5. The normalized spacial score (nSPS) is 27.7.